The van der Waals surface area contributed by atoms with Gasteiger partial charge in [-0.25, -0.2) is 12.8 Å². The molecule has 2 aromatic rings. The van der Waals surface area contributed by atoms with Crippen molar-refractivity contribution in [1.29, 1.82) is 0 Å². The van der Waals surface area contributed by atoms with Gasteiger partial charge < -0.3 is 19.2 Å². The van der Waals surface area contributed by atoms with E-state index in [2.05, 4.69) is 5.32 Å². The van der Waals surface area contributed by atoms with Crippen LogP contribution >= 0.6 is 0 Å². The molecule has 1 aromatic carbocycles. The number of hydrogen-bond acceptors (Lipinski definition) is 6. The fourth-order valence-electron chi connectivity index (χ4n) is 2.81. The number of benzene rings is 1. The van der Waals surface area contributed by atoms with Crippen LogP contribution in [0.5, 0.6) is 0 Å². The zero-order valence-electron chi connectivity index (χ0n) is 15.8. The minimum Gasteiger partial charge on any atom is -0.467 e. The lowest BCUT2D eigenvalue weighted by Crippen LogP contribution is -2.40. The zero-order valence-corrected chi connectivity index (χ0v) is 16.6. The van der Waals surface area contributed by atoms with Crippen molar-refractivity contribution in [2.45, 2.75) is 17.9 Å². The number of nitrogens with zero attached hydrogens (tertiary/aromatic N) is 1. The summed E-state index contributed by atoms with van der Waals surface area (Å²) in [6, 6.07) is 6.79. The summed E-state index contributed by atoms with van der Waals surface area (Å²) in [4.78, 5) is 12.2. The molecule has 3 rings (SSSR count). The van der Waals surface area contributed by atoms with Gasteiger partial charge in [0.05, 0.1) is 29.9 Å². The molecule has 0 radical (unpaired) electrons. The number of rotatable bonds is 9. The molecule has 158 valence electrons. The summed E-state index contributed by atoms with van der Waals surface area (Å²) < 4.78 is 56.5. The third-order valence-corrected chi connectivity index (χ3v) is 6.26. The Morgan fingerprint density at radius 1 is 1.24 bits per heavy atom. The third kappa shape index (κ3) is 5.63. The van der Waals surface area contributed by atoms with E-state index in [1.807, 2.05) is 0 Å². The fourth-order valence-corrected chi connectivity index (χ4v) is 4.25. The minimum atomic E-state index is -3.81. The van der Waals surface area contributed by atoms with E-state index < -0.39 is 21.7 Å². The van der Waals surface area contributed by atoms with E-state index in [-0.39, 0.29) is 30.1 Å². The van der Waals surface area contributed by atoms with Gasteiger partial charge in [-0.05, 0) is 36.8 Å². The average Bonchev–Trinajstić information content (AvgIpc) is 3.25. The fraction of sp³-hybridized carbons (Fsp3) is 0.421. The molecule has 1 aliphatic heterocycles. The lowest BCUT2D eigenvalue weighted by atomic mass is 10.2. The Balaban J connectivity index is 1.53. The molecule has 1 N–H and O–H groups in total. The number of morpholine rings is 1. The van der Waals surface area contributed by atoms with E-state index in [0.29, 0.717) is 38.6 Å². The molecule has 29 heavy (non-hydrogen) atoms. The van der Waals surface area contributed by atoms with Gasteiger partial charge in [-0.1, -0.05) is 0 Å². The summed E-state index contributed by atoms with van der Waals surface area (Å²) in [5.41, 5.74) is -0.309. The molecule has 1 fully saturated rings. The van der Waals surface area contributed by atoms with Crippen molar-refractivity contribution in [3.05, 3.63) is 53.7 Å². The van der Waals surface area contributed by atoms with Gasteiger partial charge in [-0.15, -0.1) is 0 Å². The van der Waals surface area contributed by atoms with Crippen LogP contribution < -0.4 is 5.32 Å². The van der Waals surface area contributed by atoms with Gasteiger partial charge in [0.1, 0.15) is 18.2 Å². The lowest BCUT2D eigenvalue weighted by molar-refractivity contribution is 0.0730. The average molecular weight is 426 g/mol. The first-order valence-corrected chi connectivity index (χ1v) is 10.7. The summed E-state index contributed by atoms with van der Waals surface area (Å²) in [5.74, 6) is -0.751. The molecule has 0 unspecified atom stereocenters. The van der Waals surface area contributed by atoms with Gasteiger partial charge in [0, 0.05) is 26.2 Å². The number of halogens is 1. The number of amides is 1. The first-order valence-electron chi connectivity index (χ1n) is 9.24. The maximum atomic E-state index is 14.1. The molecular formula is C19H23FN2O6S. The van der Waals surface area contributed by atoms with Crippen LogP contribution in [0.1, 0.15) is 22.5 Å². The maximum absolute atomic E-state index is 14.1. The van der Waals surface area contributed by atoms with Gasteiger partial charge in [-0.3, -0.25) is 4.79 Å². The molecule has 0 aliphatic carbocycles. The first kappa shape index (κ1) is 21.4. The molecule has 10 heteroatoms. The highest BCUT2D eigenvalue weighted by molar-refractivity contribution is 7.89. The number of hydrogen-bond donors (Lipinski definition) is 1. The molecule has 2 heterocycles. The minimum absolute atomic E-state index is 0.118. The van der Waals surface area contributed by atoms with Gasteiger partial charge in [0.2, 0.25) is 10.0 Å². The highest BCUT2D eigenvalue weighted by Crippen LogP contribution is 2.20. The normalized spacial score (nSPS) is 15.3. The topological polar surface area (TPSA) is 98.1 Å². The van der Waals surface area contributed by atoms with Crippen LogP contribution in [0.15, 0.2) is 45.9 Å². The van der Waals surface area contributed by atoms with Gasteiger partial charge in [0.15, 0.2) is 0 Å². The second kappa shape index (κ2) is 9.97. The number of sulfonamides is 1. The number of carbonyl (C=O) groups is 1. The SMILES string of the molecule is O=C(NCCCOCc1ccco1)c1cc(S(=O)(=O)N2CCOCC2)ccc1F. The number of ether oxygens (including phenoxy) is 2. The van der Waals surface area contributed by atoms with Crippen LogP contribution in [0.2, 0.25) is 0 Å². The van der Waals surface area contributed by atoms with E-state index in [1.54, 1.807) is 18.4 Å². The predicted molar refractivity (Wildman–Crippen MR) is 101 cm³/mol. The van der Waals surface area contributed by atoms with Crippen molar-refractivity contribution in [1.82, 2.24) is 9.62 Å². The molecule has 0 atom stereocenters. The standard InChI is InChI=1S/C19H23FN2O6S/c20-18-5-4-16(29(24,25)22-7-11-26-12-8-22)13-17(18)19(23)21-6-2-9-27-14-15-3-1-10-28-15/h1,3-5,10,13H,2,6-9,11-12,14H2,(H,21,23). The Morgan fingerprint density at radius 3 is 2.76 bits per heavy atom. The van der Waals surface area contributed by atoms with Gasteiger partial charge in [-0.2, -0.15) is 4.31 Å². The van der Waals surface area contributed by atoms with Crippen molar-refractivity contribution in [3.63, 3.8) is 0 Å². The van der Waals surface area contributed by atoms with Crippen molar-refractivity contribution in [3.8, 4) is 0 Å². The monoisotopic (exact) mass is 426 g/mol. The van der Waals surface area contributed by atoms with Crippen LogP contribution in [0.4, 0.5) is 4.39 Å². The van der Waals surface area contributed by atoms with Crippen molar-refractivity contribution < 1.29 is 31.5 Å². The first-order chi connectivity index (χ1) is 14.0. The molecule has 0 spiro atoms. The molecule has 1 saturated heterocycles. The summed E-state index contributed by atoms with van der Waals surface area (Å²) in [6.07, 6.45) is 2.07. The second-order valence-corrected chi connectivity index (χ2v) is 8.34. The van der Waals surface area contributed by atoms with Crippen LogP contribution in [-0.4, -0.2) is 58.1 Å². The van der Waals surface area contributed by atoms with Crippen LogP contribution in [0.25, 0.3) is 0 Å². The predicted octanol–water partition coefficient (Wildman–Crippen LogP) is 1.78. The molecule has 1 amide bonds. The Hall–Kier alpha value is -2.27. The van der Waals surface area contributed by atoms with E-state index in [1.165, 1.54) is 10.4 Å². The highest BCUT2D eigenvalue weighted by Gasteiger charge is 2.27. The Kier molecular flexibility index (Phi) is 7.37. The Bertz CT molecular complexity index is 911. The van der Waals surface area contributed by atoms with Crippen LogP contribution in [0, 0.1) is 5.82 Å². The van der Waals surface area contributed by atoms with E-state index >= 15 is 0 Å². The summed E-state index contributed by atoms with van der Waals surface area (Å²) >= 11 is 0. The molecule has 0 bridgehead atoms. The molecule has 8 nitrogen and oxygen atoms in total. The number of carbonyl (C=O) groups excluding carboxylic acids is 1. The van der Waals surface area contributed by atoms with Crippen LogP contribution in [-0.2, 0) is 26.1 Å². The maximum Gasteiger partial charge on any atom is 0.254 e. The molecular weight excluding hydrogens is 403 g/mol. The van der Waals surface area contributed by atoms with E-state index in [4.69, 9.17) is 13.9 Å². The summed E-state index contributed by atoms with van der Waals surface area (Å²) in [6.45, 7) is 2.02. The number of nitrogens with one attached hydrogen (secondary N) is 1. The second-order valence-electron chi connectivity index (χ2n) is 6.40. The smallest absolute Gasteiger partial charge is 0.254 e. The van der Waals surface area contributed by atoms with Crippen molar-refractivity contribution in [2.75, 3.05) is 39.5 Å². The van der Waals surface area contributed by atoms with Gasteiger partial charge >= 0.3 is 0 Å². The highest BCUT2D eigenvalue weighted by atomic mass is 32.2. The lowest BCUT2D eigenvalue weighted by Gasteiger charge is -2.26. The molecule has 0 saturated carbocycles. The van der Waals surface area contributed by atoms with E-state index in [9.17, 15) is 17.6 Å². The molecule has 1 aromatic heterocycles. The van der Waals surface area contributed by atoms with Crippen LogP contribution in [0.3, 0.4) is 0 Å². The van der Waals surface area contributed by atoms with Crippen molar-refractivity contribution in [2.24, 2.45) is 0 Å². The Morgan fingerprint density at radius 2 is 2.03 bits per heavy atom. The zero-order chi connectivity index (χ0) is 20.7. The van der Waals surface area contributed by atoms with Crippen molar-refractivity contribution >= 4 is 15.9 Å². The third-order valence-electron chi connectivity index (χ3n) is 4.37. The Labute approximate surface area is 168 Å². The summed E-state index contributed by atoms with van der Waals surface area (Å²) in [7, 11) is -3.81. The van der Waals surface area contributed by atoms with E-state index in [0.717, 1.165) is 12.1 Å². The number of furan rings is 1. The van der Waals surface area contributed by atoms with Gasteiger partial charge in [0.25, 0.3) is 5.91 Å². The summed E-state index contributed by atoms with van der Waals surface area (Å²) in [5, 5.41) is 2.58. The quantitative estimate of drug-likeness (QED) is 0.614. The largest absolute Gasteiger partial charge is 0.467 e. The molecule has 1 aliphatic rings.